The summed E-state index contributed by atoms with van der Waals surface area (Å²) < 4.78 is 4.60. The number of carbonyl (C=O) groups is 1. The molecule has 0 bridgehead atoms. The van der Waals surface area contributed by atoms with Gasteiger partial charge in [0, 0.05) is 12.1 Å². The third-order valence-electron chi connectivity index (χ3n) is 2.63. The highest BCUT2D eigenvalue weighted by atomic mass is 16.6. The van der Waals surface area contributed by atoms with Crippen LogP contribution in [0.5, 0.6) is 0 Å². The zero-order valence-corrected chi connectivity index (χ0v) is 9.96. The molecular formula is C12H11N3O4. The van der Waals surface area contributed by atoms with Crippen LogP contribution in [-0.2, 0) is 4.74 Å². The lowest BCUT2D eigenvalue weighted by atomic mass is 10.1. The Balaban J connectivity index is 2.22. The van der Waals surface area contributed by atoms with Crippen molar-refractivity contribution < 1.29 is 14.5 Å². The molecule has 0 saturated heterocycles. The van der Waals surface area contributed by atoms with Crippen molar-refractivity contribution in [1.29, 1.82) is 5.26 Å². The average Bonchev–Trinajstić information content (AvgIpc) is 3.20. The van der Waals surface area contributed by atoms with Crippen LogP contribution in [0.2, 0.25) is 0 Å². The van der Waals surface area contributed by atoms with Crippen LogP contribution in [0.3, 0.4) is 0 Å². The second-order valence-corrected chi connectivity index (χ2v) is 4.14. The van der Waals surface area contributed by atoms with Gasteiger partial charge in [-0.2, -0.15) is 5.26 Å². The van der Waals surface area contributed by atoms with E-state index in [9.17, 15) is 14.9 Å². The highest BCUT2D eigenvalue weighted by molar-refractivity contribution is 5.91. The molecule has 1 N–H and O–H groups in total. The summed E-state index contributed by atoms with van der Waals surface area (Å²) in [6.07, 6.45) is 1.98. The molecular weight excluding hydrogens is 250 g/mol. The summed E-state index contributed by atoms with van der Waals surface area (Å²) in [4.78, 5) is 21.9. The first-order chi connectivity index (χ1) is 9.11. The Hall–Kier alpha value is -2.62. The number of nitro benzene ring substituents is 1. The molecule has 1 aromatic carbocycles. The topological polar surface area (TPSA) is 105 Å². The Labute approximate surface area is 108 Å². The first-order valence-corrected chi connectivity index (χ1v) is 5.71. The molecule has 1 saturated carbocycles. The van der Waals surface area contributed by atoms with Crippen LogP contribution in [0, 0.1) is 21.4 Å². The molecule has 0 atom stereocenters. The predicted molar refractivity (Wildman–Crippen MR) is 65.6 cm³/mol. The van der Waals surface area contributed by atoms with Crippen molar-refractivity contribution in [3.8, 4) is 6.07 Å². The molecule has 0 heterocycles. The maximum atomic E-state index is 11.5. The van der Waals surface area contributed by atoms with Crippen molar-refractivity contribution in [2.24, 2.45) is 0 Å². The number of nitrogens with zero attached hydrogens (tertiary/aromatic N) is 2. The lowest BCUT2D eigenvalue weighted by Gasteiger charge is -2.07. The number of hydrogen-bond donors (Lipinski definition) is 1. The van der Waals surface area contributed by atoms with Crippen LogP contribution in [0.1, 0.15) is 23.2 Å². The fourth-order valence-corrected chi connectivity index (χ4v) is 1.56. The van der Waals surface area contributed by atoms with Crippen LogP contribution in [0.25, 0.3) is 0 Å². The molecule has 0 aromatic heterocycles. The number of anilines is 1. The van der Waals surface area contributed by atoms with E-state index in [-0.39, 0.29) is 23.9 Å². The summed E-state index contributed by atoms with van der Waals surface area (Å²) in [7, 11) is 0. The maximum Gasteiger partial charge on any atom is 0.339 e. The molecule has 98 valence electrons. The summed E-state index contributed by atoms with van der Waals surface area (Å²) in [5.74, 6) is -0.748. The zero-order chi connectivity index (χ0) is 13.8. The van der Waals surface area contributed by atoms with Gasteiger partial charge in [0.2, 0.25) is 0 Å². The molecule has 0 aliphatic heterocycles. The van der Waals surface area contributed by atoms with Crippen molar-refractivity contribution >= 4 is 17.3 Å². The summed E-state index contributed by atoms with van der Waals surface area (Å²) in [5, 5.41) is 22.3. The van der Waals surface area contributed by atoms with E-state index >= 15 is 0 Å². The van der Waals surface area contributed by atoms with Gasteiger partial charge in [-0.15, -0.1) is 0 Å². The number of esters is 1. The number of benzene rings is 1. The number of nitro groups is 1. The summed E-state index contributed by atoms with van der Waals surface area (Å²) in [6, 6.07) is 6.02. The van der Waals surface area contributed by atoms with Crippen molar-refractivity contribution in [2.75, 3.05) is 11.9 Å². The van der Waals surface area contributed by atoms with Crippen LogP contribution in [-0.4, -0.2) is 23.5 Å². The van der Waals surface area contributed by atoms with E-state index in [4.69, 9.17) is 5.26 Å². The van der Waals surface area contributed by atoms with Gasteiger partial charge >= 0.3 is 5.97 Å². The normalized spacial score (nSPS) is 13.4. The monoisotopic (exact) mass is 261 g/mol. The minimum atomic E-state index is -0.748. The molecule has 19 heavy (non-hydrogen) atoms. The van der Waals surface area contributed by atoms with Crippen molar-refractivity contribution in [2.45, 2.75) is 18.9 Å². The smallest absolute Gasteiger partial charge is 0.339 e. The summed E-state index contributed by atoms with van der Waals surface area (Å²) in [5.41, 5.74) is 0.283. The van der Waals surface area contributed by atoms with Crippen LogP contribution >= 0.6 is 0 Å². The fraction of sp³-hybridized carbons (Fsp3) is 0.333. The number of carbonyl (C=O) groups excluding carboxylic acids is 1. The number of hydrogen-bond acceptors (Lipinski definition) is 6. The largest absolute Gasteiger partial charge is 0.447 e. The Kier molecular flexibility index (Phi) is 3.61. The highest BCUT2D eigenvalue weighted by Crippen LogP contribution is 2.31. The second-order valence-electron chi connectivity index (χ2n) is 4.14. The summed E-state index contributed by atoms with van der Waals surface area (Å²) >= 11 is 0. The van der Waals surface area contributed by atoms with E-state index in [2.05, 4.69) is 10.1 Å². The Morgan fingerprint density at radius 3 is 2.89 bits per heavy atom. The quantitative estimate of drug-likeness (QED) is 0.492. The van der Waals surface area contributed by atoms with Crippen LogP contribution in [0.4, 0.5) is 11.4 Å². The first kappa shape index (κ1) is 12.8. The molecule has 0 radical (unpaired) electrons. The lowest BCUT2D eigenvalue weighted by Crippen LogP contribution is -2.08. The molecule has 1 fully saturated rings. The number of nitrogens with one attached hydrogen (secondary N) is 1. The second kappa shape index (κ2) is 5.35. The molecule has 1 aliphatic rings. The third kappa shape index (κ3) is 3.19. The average molecular weight is 261 g/mol. The predicted octanol–water partition coefficient (Wildman–Crippen LogP) is 1.85. The minimum Gasteiger partial charge on any atom is -0.447 e. The Morgan fingerprint density at radius 1 is 1.58 bits per heavy atom. The van der Waals surface area contributed by atoms with Gasteiger partial charge in [-0.05, 0) is 25.0 Å². The van der Waals surface area contributed by atoms with Gasteiger partial charge in [0.25, 0.3) is 5.69 Å². The van der Waals surface area contributed by atoms with Gasteiger partial charge in [0.1, 0.15) is 11.8 Å². The van der Waals surface area contributed by atoms with Gasteiger partial charge in [-0.1, -0.05) is 0 Å². The third-order valence-corrected chi connectivity index (χ3v) is 2.63. The van der Waals surface area contributed by atoms with Crippen LogP contribution in [0.15, 0.2) is 18.2 Å². The van der Waals surface area contributed by atoms with Crippen LogP contribution < -0.4 is 5.32 Å². The van der Waals surface area contributed by atoms with Crippen molar-refractivity contribution in [3.63, 3.8) is 0 Å². The highest BCUT2D eigenvalue weighted by Gasteiger charge is 2.25. The summed E-state index contributed by atoms with van der Waals surface area (Å²) in [6.45, 7) is -0.380. The molecule has 0 spiro atoms. The van der Waals surface area contributed by atoms with Gasteiger partial charge < -0.3 is 10.1 Å². The van der Waals surface area contributed by atoms with E-state index in [1.807, 2.05) is 0 Å². The van der Waals surface area contributed by atoms with Gasteiger partial charge in [0.15, 0.2) is 6.61 Å². The number of nitriles is 1. The van der Waals surface area contributed by atoms with Gasteiger partial charge in [-0.3, -0.25) is 10.1 Å². The molecule has 0 amide bonds. The lowest BCUT2D eigenvalue weighted by molar-refractivity contribution is -0.384. The molecule has 2 rings (SSSR count). The molecule has 1 aromatic rings. The SMILES string of the molecule is N#CCOC(=O)c1ccc(NC2CC2)c([N+](=O)[O-])c1. The minimum absolute atomic E-state index is 0.0586. The van der Waals surface area contributed by atoms with E-state index in [0.29, 0.717) is 5.69 Å². The zero-order valence-electron chi connectivity index (χ0n) is 9.96. The van der Waals surface area contributed by atoms with E-state index in [1.54, 1.807) is 6.07 Å². The Morgan fingerprint density at radius 2 is 2.32 bits per heavy atom. The van der Waals surface area contributed by atoms with E-state index in [0.717, 1.165) is 18.9 Å². The molecule has 7 nitrogen and oxygen atoms in total. The van der Waals surface area contributed by atoms with Crippen molar-refractivity contribution in [1.82, 2.24) is 0 Å². The van der Waals surface area contributed by atoms with Crippen molar-refractivity contribution in [3.05, 3.63) is 33.9 Å². The van der Waals surface area contributed by atoms with Gasteiger partial charge in [-0.25, -0.2) is 4.79 Å². The number of rotatable bonds is 5. The standard InChI is InChI=1S/C12H11N3O4/c13-5-6-19-12(16)8-1-4-10(14-9-2-3-9)11(7-8)15(17)18/h1,4,7,9,14H,2-3,6H2. The fourth-order valence-electron chi connectivity index (χ4n) is 1.56. The first-order valence-electron chi connectivity index (χ1n) is 5.71. The number of ether oxygens (including phenoxy) is 1. The maximum absolute atomic E-state index is 11.5. The molecule has 7 heteroatoms. The Bertz CT molecular complexity index is 561. The van der Waals surface area contributed by atoms with E-state index < -0.39 is 10.9 Å². The van der Waals surface area contributed by atoms with Gasteiger partial charge in [0.05, 0.1) is 10.5 Å². The molecule has 1 aliphatic carbocycles. The molecule has 0 unspecified atom stereocenters. The van der Waals surface area contributed by atoms with E-state index in [1.165, 1.54) is 12.1 Å².